The monoisotopic (exact) mass is 293 g/mol. The lowest BCUT2D eigenvalue weighted by molar-refractivity contribution is 0.239. The summed E-state index contributed by atoms with van der Waals surface area (Å²) in [7, 11) is 0. The molecule has 0 saturated carbocycles. The Balaban J connectivity index is 1.72. The molecular weight excluding hydrogens is 278 g/mol. The third-order valence-electron chi connectivity index (χ3n) is 3.23. The van der Waals surface area contributed by atoms with Crippen molar-refractivity contribution in [3.63, 3.8) is 0 Å². The summed E-state index contributed by atoms with van der Waals surface area (Å²) in [6, 6.07) is 3.54. The molecule has 2 aromatic heterocycles. The van der Waals surface area contributed by atoms with Gasteiger partial charge in [-0.3, -0.25) is 9.88 Å². The molecule has 20 heavy (non-hydrogen) atoms. The molecule has 3 heterocycles. The Bertz CT molecular complexity index is 565. The number of hydrogen-bond acceptors (Lipinski definition) is 6. The van der Waals surface area contributed by atoms with Gasteiger partial charge in [-0.2, -0.15) is 4.98 Å². The maximum absolute atomic E-state index is 6.08. The van der Waals surface area contributed by atoms with Crippen LogP contribution in [0.4, 0.5) is 0 Å². The largest absolute Gasteiger partial charge is 0.337 e. The first-order valence-electron chi connectivity index (χ1n) is 6.69. The standard InChI is InChI=1S/C13H16ClN5O/c14-10-3-1-5-16-12(10)13-17-11(20-18-13)9-19-7-2-4-15-6-8-19/h1,3,5,15H,2,4,6-9H2. The van der Waals surface area contributed by atoms with Crippen LogP contribution in [0.2, 0.25) is 5.02 Å². The quantitative estimate of drug-likeness (QED) is 0.927. The van der Waals surface area contributed by atoms with Crippen molar-refractivity contribution < 1.29 is 4.52 Å². The third-order valence-corrected chi connectivity index (χ3v) is 3.53. The zero-order chi connectivity index (χ0) is 13.8. The van der Waals surface area contributed by atoms with E-state index in [4.69, 9.17) is 16.1 Å². The minimum absolute atomic E-state index is 0.443. The molecule has 0 amide bonds. The van der Waals surface area contributed by atoms with E-state index in [1.54, 1.807) is 18.3 Å². The number of hydrogen-bond donors (Lipinski definition) is 1. The average Bonchev–Trinajstić information content (AvgIpc) is 2.75. The smallest absolute Gasteiger partial charge is 0.241 e. The summed E-state index contributed by atoms with van der Waals surface area (Å²) in [5, 5.41) is 7.85. The zero-order valence-corrected chi connectivity index (χ0v) is 11.8. The van der Waals surface area contributed by atoms with E-state index in [0.29, 0.717) is 29.0 Å². The van der Waals surface area contributed by atoms with E-state index in [9.17, 15) is 0 Å². The summed E-state index contributed by atoms with van der Waals surface area (Å²) >= 11 is 6.08. The molecule has 1 aliphatic heterocycles. The van der Waals surface area contributed by atoms with Crippen LogP contribution in [0, 0.1) is 0 Å². The maximum atomic E-state index is 6.08. The van der Waals surface area contributed by atoms with Crippen molar-refractivity contribution >= 4 is 11.6 Å². The van der Waals surface area contributed by atoms with Crippen LogP contribution in [0.25, 0.3) is 11.5 Å². The van der Waals surface area contributed by atoms with Crippen LogP contribution in [-0.2, 0) is 6.54 Å². The van der Waals surface area contributed by atoms with E-state index in [2.05, 4.69) is 25.3 Å². The Morgan fingerprint density at radius 1 is 1.35 bits per heavy atom. The molecular formula is C13H16ClN5O. The molecule has 3 rings (SSSR count). The Morgan fingerprint density at radius 3 is 3.20 bits per heavy atom. The molecule has 1 N–H and O–H groups in total. The summed E-state index contributed by atoms with van der Waals surface area (Å²) in [4.78, 5) is 10.9. The lowest BCUT2D eigenvalue weighted by Gasteiger charge is -2.16. The van der Waals surface area contributed by atoms with Gasteiger partial charge < -0.3 is 9.84 Å². The molecule has 1 saturated heterocycles. The lowest BCUT2D eigenvalue weighted by atomic mass is 10.3. The van der Waals surface area contributed by atoms with Crippen molar-refractivity contribution in [2.24, 2.45) is 0 Å². The van der Waals surface area contributed by atoms with Gasteiger partial charge in [0.15, 0.2) is 0 Å². The van der Waals surface area contributed by atoms with Crippen molar-refractivity contribution in [2.75, 3.05) is 26.2 Å². The molecule has 0 aromatic carbocycles. The highest BCUT2D eigenvalue weighted by atomic mass is 35.5. The van der Waals surface area contributed by atoms with Crippen LogP contribution in [0.1, 0.15) is 12.3 Å². The highest BCUT2D eigenvalue weighted by molar-refractivity contribution is 6.32. The minimum Gasteiger partial charge on any atom is -0.337 e. The number of halogens is 1. The summed E-state index contributed by atoms with van der Waals surface area (Å²) in [5.41, 5.74) is 0.557. The fourth-order valence-corrected chi connectivity index (χ4v) is 2.42. The van der Waals surface area contributed by atoms with Crippen molar-refractivity contribution in [1.29, 1.82) is 0 Å². The second kappa shape index (κ2) is 6.30. The molecule has 1 fully saturated rings. The molecule has 0 radical (unpaired) electrons. The number of aromatic nitrogens is 3. The highest BCUT2D eigenvalue weighted by Gasteiger charge is 2.16. The molecule has 0 unspecified atom stereocenters. The molecule has 2 aromatic rings. The van der Waals surface area contributed by atoms with Crippen molar-refractivity contribution in [3.05, 3.63) is 29.2 Å². The van der Waals surface area contributed by atoms with Gasteiger partial charge in [-0.15, -0.1) is 0 Å². The molecule has 7 heteroatoms. The average molecular weight is 294 g/mol. The highest BCUT2D eigenvalue weighted by Crippen LogP contribution is 2.22. The summed E-state index contributed by atoms with van der Waals surface area (Å²) in [5.74, 6) is 1.04. The molecule has 0 bridgehead atoms. The van der Waals surface area contributed by atoms with E-state index < -0.39 is 0 Å². The van der Waals surface area contributed by atoms with Crippen LogP contribution in [0.3, 0.4) is 0 Å². The summed E-state index contributed by atoms with van der Waals surface area (Å²) in [6.45, 7) is 4.75. The fraction of sp³-hybridized carbons (Fsp3) is 0.462. The Labute approximate surface area is 122 Å². The van der Waals surface area contributed by atoms with E-state index in [1.807, 2.05) is 0 Å². The Hall–Kier alpha value is -1.50. The first kappa shape index (κ1) is 13.5. The van der Waals surface area contributed by atoms with Gasteiger partial charge in [0.05, 0.1) is 11.6 Å². The van der Waals surface area contributed by atoms with Gasteiger partial charge >= 0.3 is 0 Å². The number of rotatable bonds is 3. The van der Waals surface area contributed by atoms with Crippen LogP contribution in [-0.4, -0.2) is 46.2 Å². The van der Waals surface area contributed by atoms with Gasteiger partial charge in [-0.05, 0) is 31.6 Å². The number of nitrogens with zero attached hydrogens (tertiary/aromatic N) is 4. The van der Waals surface area contributed by atoms with Gasteiger partial charge in [0.1, 0.15) is 5.69 Å². The predicted octanol–water partition coefficient (Wildman–Crippen LogP) is 1.58. The van der Waals surface area contributed by atoms with E-state index in [1.165, 1.54) is 0 Å². The molecule has 0 aliphatic carbocycles. The molecule has 106 valence electrons. The van der Waals surface area contributed by atoms with Crippen molar-refractivity contribution in [1.82, 2.24) is 25.3 Å². The summed E-state index contributed by atoms with van der Waals surface area (Å²) in [6.07, 6.45) is 2.80. The fourth-order valence-electron chi connectivity index (χ4n) is 2.22. The Kier molecular flexibility index (Phi) is 4.25. The molecule has 0 spiro atoms. The van der Waals surface area contributed by atoms with Crippen LogP contribution < -0.4 is 5.32 Å². The van der Waals surface area contributed by atoms with Gasteiger partial charge in [0.25, 0.3) is 0 Å². The van der Waals surface area contributed by atoms with Crippen LogP contribution >= 0.6 is 11.6 Å². The van der Waals surface area contributed by atoms with Crippen molar-refractivity contribution in [2.45, 2.75) is 13.0 Å². The first-order chi connectivity index (χ1) is 9.83. The Morgan fingerprint density at radius 2 is 2.30 bits per heavy atom. The summed E-state index contributed by atoms with van der Waals surface area (Å²) < 4.78 is 5.30. The van der Waals surface area contributed by atoms with Crippen LogP contribution in [0.5, 0.6) is 0 Å². The first-order valence-corrected chi connectivity index (χ1v) is 7.07. The maximum Gasteiger partial charge on any atom is 0.241 e. The van der Waals surface area contributed by atoms with Crippen LogP contribution in [0.15, 0.2) is 22.9 Å². The van der Waals surface area contributed by atoms with Gasteiger partial charge in [-0.25, -0.2) is 0 Å². The number of pyridine rings is 1. The van der Waals surface area contributed by atoms with E-state index in [0.717, 1.165) is 32.6 Å². The topological polar surface area (TPSA) is 67.1 Å². The second-order valence-corrected chi connectivity index (χ2v) is 5.13. The van der Waals surface area contributed by atoms with Gasteiger partial charge in [-0.1, -0.05) is 16.8 Å². The van der Waals surface area contributed by atoms with Crippen molar-refractivity contribution in [3.8, 4) is 11.5 Å². The molecule has 6 nitrogen and oxygen atoms in total. The normalized spacial score (nSPS) is 17.1. The third kappa shape index (κ3) is 3.15. The number of nitrogens with one attached hydrogen (secondary N) is 1. The van der Waals surface area contributed by atoms with Gasteiger partial charge in [0.2, 0.25) is 11.7 Å². The minimum atomic E-state index is 0.443. The second-order valence-electron chi connectivity index (χ2n) is 4.73. The predicted molar refractivity (Wildman–Crippen MR) is 75.3 cm³/mol. The zero-order valence-electron chi connectivity index (χ0n) is 11.0. The van der Waals surface area contributed by atoms with E-state index in [-0.39, 0.29) is 0 Å². The molecule has 1 aliphatic rings. The van der Waals surface area contributed by atoms with E-state index >= 15 is 0 Å². The molecule has 0 atom stereocenters. The SMILES string of the molecule is Clc1cccnc1-c1noc(CN2CCCNCC2)n1. The van der Waals surface area contributed by atoms with Gasteiger partial charge in [0, 0.05) is 19.3 Å². The lowest BCUT2D eigenvalue weighted by Crippen LogP contribution is -2.27.